The van der Waals surface area contributed by atoms with Crippen molar-refractivity contribution in [2.75, 3.05) is 18.6 Å². The van der Waals surface area contributed by atoms with Gasteiger partial charge in [-0.15, -0.1) is 0 Å². The number of carbonyl (C=O) groups excluding carboxylic acids is 1. The van der Waals surface area contributed by atoms with E-state index in [1.807, 2.05) is 78.6 Å². The molecule has 0 bridgehead atoms. The Kier molecular flexibility index (Phi) is 7.35. The molecule has 3 atom stereocenters. The van der Waals surface area contributed by atoms with Crippen LogP contribution in [0.5, 0.6) is 5.75 Å². The summed E-state index contributed by atoms with van der Waals surface area (Å²) in [6, 6.07) is 25.7. The number of anilines is 1. The molecule has 2 N–H and O–H groups in total. The Balaban J connectivity index is 1.27. The van der Waals surface area contributed by atoms with Crippen molar-refractivity contribution in [3.63, 3.8) is 0 Å². The van der Waals surface area contributed by atoms with Crippen molar-refractivity contribution < 1.29 is 14.6 Å². The smallest absolute Gasteiger partial charge is 0.233 e. The number of aliphatic hydroxyl groups excluding tert-OH is 1. The topological polar surface area (TPSA) is 86.5 Å². The van der Waals surface area contributed by atoms with Gasteiger partial charge in [-0.1, -0.05) is 54.6 Å². The van der Waals surface area contributed by atoms with Crippen molar-refractivity contribution in [2.45, 2.75) is 50.5 Å². The maximum Gasteiger partial charge on any atom is 0.233 e. The van der Waals surface area contributed by atoms with Gasteiger partial charge in [0.2, 0.25) is 5.91 Å². The fourth-order valence-electron chi connectivity index (χ4n) is 5.00. The molecule has 2 heterocycles. The largest absolute Gasteiger partial charge is 0.497 e. The number of rotatable bonds is 12. The third kappa shape index (κ3) is 5.73. The second kappa shape index (κ2) is 10.8. The van der Waals surface area contributed by atoms with Crippen molar-refractivity contribution in [1.29, 1.82) is 0 Å². The monoisotopic (exact) mass is 498 g/mol. The summed E-state index contributed by atoms with van der Waals surface area (Å²) in [5, 5.41) is 22.2. The molecule has 3 aromatic carbocycles. The number of hydrogen-bond acceptors (Lipinski definition) is 6. The molecule has 1 amide bonds. The predicted molar refractivity (Wildman–Crippen MR) is 143 cm³/mol. The first-order valence-electron chi connectivity index (χ1n) is 12.9. The molecule has 0 saturated carbocycles. The summed E-state index contributed by atoms with van der Waals surface area (Å²) in [5.41, 5.74) is 3.81. The number of benzene rings is 3. The minimum absolute atomic E-state index is 0.0860. The van der Waals surface area contributed by atoms with Gasteiger partial charge in [-0.3, -0.25) is 4.79 Å². The minimum Gasteiger partial charge on any atom is -0.497 e. The van der Waals surface area contributed by atoms with E-state index >= 15 is 0 Å². The van der Waals surface area contributed by atoms with Crippen LogP contribution >= 0.6 is 0 Å². The van der Waals surface area contributed by atoms with Crippen LogP contribution in [0.4, 0.5) is 5.69 Å². The van der Waals surface area contributed by atoms with Gasteiger partial charge in [0.25, 0.3) is 0 Å². The highest BCUT2D eigenvalue weighted by Gasteiger charge is 2.48. The molecule has 0 radical (unpaired) electrons. The summed E-state index contributed by atoms with van der Waals surface area (Å²) in [7, 11) is 1.65. The number of nitrogens with zero attached hydrogens (tertiary/aromatic N) is 3. The quantitative estimate of drug-likeness (QED) is 0.252. The Bertz CT molecular complexity index is 1220. The lowest BCUT2D eigenvalue weighted by Gasteiger charge is -2.48. The van der Waals surface area contributed by atoms with Gasteiger partial charge in [-0.2, -0.15) is 10.2 Å². The number of nitrogens with one attached hydrogen (secondary N) is 1. The average Bonchev–Trinajstić information content (AvgIpc) is 3.68. The third-order valence-electron chi connectivity index (χ3n) is 7.37. The Morgan fingerprint density at radius 1 is 1.03 bits per heavy atom. The zero-order valence-electron chi connectivity index (χ0n) is 21.4. The number of aliphatic hydroxyl groups is 1. The van der Waals surface area contributed by atoms with Crippen LogP contribution in [-0.2, 0) is 11.3 Å². The molecule has 7 nitrogen and oxygen atoms in total. The number of amides is 1. The molecule has 1 fully saturated rings. The first-order valence-corrected chi connectivity index (χ1v) is 12.9. The van der Waals surface area contributed by atoms with E-state index in [4.69, 9.17) is 4.74 Å². The molecule has 0 aromatic heterocycles. The highest BCUT2D eigenvalue weighted by atomic mass is 16.5. The van der Waals surface area contributed by atoms with Crippen molar-refractivity contribution in [3.8, 4) is 5.75 Å². The molecule has 37 heavy (non-hydrogen) atoms. The van der Waals surface area contributed by atoms with Gasteiger partial charge < -0.3 is 20.1 Å². The van der Waals surface area contributed by atoms with E-state index in [1.165, 1.54) is 0 Å². The second-order valence-corrected chi connectivity index (χ2v) is 10.0. The first kappa shape index (κ1) is 25.1. The molecule has 2 aliphatic rings. The van der Waals surface area contributed by atoms with Crippen molar-refractivity contribution in [3.05, 3.63) is 95.6 Å². The Labute approximate surface area is 218 Å². The number of methoxy groups -OCH3 is 1. The van der Waals surface area contributed by atoms with E-state index in [2.05, 4.69) is 27.7 Å². The molecule has 192 valence electrons. The highest BCUT2D eigenvalue weighted by Crippen LogP contribution is 2.46. The van der Waals surface area contributed by atoms with Gasteiger partial charge in [0.15, 0.2) is 5.66 Å². The number of β-lactam (4-membered cyclic amide) rings is 1. The first-order chi connectivity index (χ1) is 18.0. The Hall–Kier alpha value is -3.55. The van der Waals surface area contributed by atoms with E-state index < -0.39 is 6.10 Å². The van der Waals surface area contributed by atoms with Crippen LogP contribution in [-0.4, -0.2) is 30.3 Å². The van der Waals surface area contributed by atoms with Gasteiger partial charge >= 0.3 is 0 Å². The van der Waals surface area contributed by atoms with E-state index in [0.29, 0.717) is 12.8 Å². The minimum atomic E-state index is -0.587. The van der Waals surface area contributed by atoms with Crippen LogP contribution in [0.15, 0.2) is 89.1 Å². The number of hydrogen-bond donors (Lipinski definition) is 2. The molecular weight excluding hydrogens is 464 g/mol. The predicted octanol–water partition coefficient (Wildman–Crippen LogP) is 5.57. The summed E-state index contributed by atoms with van der Waals surface area (Å²) in [6.07, 6.45) is 1.46. The fraction of sp³-hybridized carbons (Fsp3) is 0.367. The van der Waals surface area contributed by atoms with Gasteiger partial charge in [0.05, 0.1) is 25.2 Å². The van der Waals surface area contributed by atoms with Crippen molar-refractivity contribution in [2.24, 2.45) is 16.1 Å². The van der Waals surface area contributed by atoms with Crippen LogP contribution in [0.25, 0.3) is 0 Å². The standard InChI is InChI=1S/C30H34N4O3/c1-30(32-33-30)18-19-31-20-21-8-12-24(13-9-21)34-28(23-10-14-25(37-2)15-11-23)26(29(34)36)16-17-27(35)22-6-4-3-5-7-22/h3-15,26-28,31,35H,16-20H2,1-2H3. The van der Waals surface area contributed by atoms with Crippen molar-refractivity contribution >= 4 is 11.6 Å². The van der Waals surface area contributed by atoms with Gasteiger partial charge in [-0.05, 0) is 67.3 Å². The van der Waals surface area contributed by atoms with Crippen LogP contribution in [0, 0.1) is 5.92 Å². The Morgan fingerprint density at radius 3 is 2.38 bits per heavy atom. The van der Waals surface area contributed by atoms with Gasteiger partial charge in [-0.25, -0.2) is 0 Å². The molecule has 7 heteroatoms. The van der Waals surface area contributed by atoms with Crippen LogP contribution in [0.3, 0.4) is 0 Å². The van der Waals surface area contributed by atoms with Gasteiger partial charge in [0.1, 0.15) is 5.75 Å². The summed E-state index contributed by atoms with van der Waals surface area (Å²) in [6.45, 7) is 3.64. The van der Waals surface area contributed by atoms with E-state index in [-0.39, 0.29) is 23.5 Å². The molecular formula is C30H34N4O3. The summed E-state index contributed by atoms with van der Waals surface area (Å²) < 4.78 is 5.33. The van der Waals surface area contributed by atoms with E-state index in [0.717, 1.165) is 47.6 Å². The molecule has 0 spiro atoms. The SMILES string of the molecule is COc1ccc(C2C(CCC(O)c3ccccc3)C(=O)N2c2ccc(CNCCC3(C)N=N3)cc2)cc1. The van der Waals surface area contributed by atoms with Crippen LogP contribution < -0.4 is 15.0 Å². The van der Waals surface area contributed by atoms with Crippen LogP contribution in [0.2, 0.25) is 0 Å². The lowest BCUT2D eigenvalue weighted by molar-refractivity contribution is -0.131. The van der Waals surface area contributed by atoms with Crippen molar-refractivity contribution in [1.82, 2.24) is 5.32 Å². The average molecular weight is 499 g/mol. The second-order valence-electron chi connectivity index (χ2n) is 10.0. The summed E-state index contributed by atoms with van der Waals surface area (Å²) in [5.74, 6) is 0.691. The Morgan fingerprint density at radius 2 is 1.73 bits per heavy atom. The van der Waals surface area contributed by atoms with Gasteiger partial charge in [0, 0.05) is 18.7 Å². The molecule has 3 aromatic rings. The van der Waals surface area contributed by atoms with E-state index in [1.54, 1.807) is 7.11 Å². The molecule has 0 aliphatic carbocycles. The maximum atomic E-state index is 13.4. The molecule has 5 rings (SSSR count). The lowest BCUT2D eigenvalue weighted by Crippen LogP contribution is -2.55. The zero-order chi connectivity index (χ0) is 25.8. The number of carbonyl (C=O) groups is 1. The maximum absolute atomic E-state index is 13.4. The van der Waals surface area contributed by atoms with E-state index in [9.17, 15) is 9.90 Å². The molecule has 3 unspecified atom stereocenters. The molecule has 2 aliphatic heterocycles. The van der Waals surface area contributed by atoms with Crippen LogP contribution in [0.1, 0.15) is 55.0 Å². The normalized spacial score (nSPS) is 20.4. The highest BCUT2D eigenvalue weighted by molar-refractivity contribution is 6.03. The third-order valence-corrected chi connectivity index (χ3v) is 7.37. The fourth-order valence-corrected chi connectivity index (χ4v) is 5.00. The summed E-state index contributed by atoms with van der Waals surface area (Å²) >= 11 is 0. The number of ether oxygens (including phenoxy) is 1. The molecule has 1 saturated heterocycles. The lowest BCUT2D eigenvalue weighted by atomic mass is 9.78. The summed E-state index contributed by atoms with van der Waals surface area (Å²) in [4.78, 5) is 15.3. The zero-order valence-corrected chi connectivity index (χ0v) is 21.4.